The first kappa shape index (κ1) is 13.1. The van der Waals surface area contributed by atoms with E-state index in [1.54, 1.807) is 0 Å². The number of pyridine rings is 1. The summed E-state index contributed by atoms with van der Waals surface area (Å²) in [4.78, 5) is 16.3. The Kier molecular flexibility index (Phi) is 3.50. The number of nitrogens with two attached hydrogens (primary N) is 1. The van der Waals surface area contributed by atoms with Crippen molar-refractivity contribution in [2.45, 2.75) is 25.8 Å². The molecule has 0 aromatic carbocycles. The molecule has 8 heteroatoms. The Balaban J connectivity index is 2.50. The number of nitro groups is 1. The van der Waals surface area contributed by atoms with Gasteiger partial charge in [0.25, 0.3) is 5.69 Å². The van der Waals surface area contributed by atoms with Gasteiger partial charge in [-0.25, -0.2) is 4.98 Å². The molecule has 1 aromatic rings. The summed E-state index contributed by atoms with van der Waals surface area (Å²) in [6.07, 6.45) is 3.23. The number of oxime groups is 1. The minimum atomic E-state index is -0.557. The molecule has 0 aliphatic carbocycles. The highest BCUT2D eigenvalue weighted by molar-refractivity contribution is 6.02. The predicted molar refractivity (Wildman–Crippen MR) is 69.4 cm³/mol. The molecule has 0 bridgehead atoms. The molecule has 19 heavy (non-hydrogen) atoms. The Bertz CT molecular complexity index is 531. The van der Waals surface area contributed by atoms with Gasteiger partial charge in [0.1, 0.15) is 12.0 Å². The molecule has 1 saturated heterocycles. The van der Waals surface area contributed by atoms with E-state index in [-0.39, 0.29) is 23.1 Å². The molecule has 1 aliphatic heterocycles. The highest BCUT2D eigenvalue weighted by atomic mass is 16.6. The van der Waals surface area contributed by atoms with Crippen molar-refractivity contribution < 1.29 is 10.1 Å². The van der Waals surface area contributed by atoms with Crippen molar-refractivity contribution in [3.8, 4) is 0 Å². The molecule has 3 N–H and O–H groups in total. The van der Waals surface area contributed by atoms with Gasteiger partial charge in [-0.3, -0.25) is 10.1 Å². The van der Waals surface area contributed by atoms with Gasteiger partial charge in [-0.1, -0.05) is 5.16 Å². The molecule has 2 heterocycles. The number of anilines is 1. The SMILES string of the molecule is CC1CCCN1c1ncc([N+](=O)[O-])cc1C(N)=NO. The third-order valence-electron chi connectivity index (χ3n) is 3.27. The number of aromatic nitrogens is 1. The number of rotatable bonds is 3. The summed E-state index contributed by atoms with van der Waals surface area (Å²) in [5, 5.41) is 22.5. The van der Waals surface area contributed by atoms with Crippen LogP contribution in [0.4, 0.5) is 11.5 Å². The van der Waals surface area contributed by atoms with Crippen molar-refractivity contribution in [1.29, 1.82) is 0 Å². The molecule has 0 radical (unpaired) electrons. The van der Waals surface area contributed by atoms with Crippen LogP contribution in [0.2, 0.25) is 0 Å². The van der Waals surface area contributed by atoms with Crippen LogP contribution in [0.25, 0.3) is 0 Å². The molecule has 1 aromatic heterocycles. The minimum Gasteiger partial charge on any atom is -0.409 e. The summed E-state index contributed by atoms with van der Waals surface area (Å²) in [5.41, 5.74) is 5.69. The first-order valence-corrected chi connectivity index (χ1v) is 5.93. The van der Waals surface area contributed by atoms with Gasteiger partial charge in [-0.15, -0.1) is 0 Å². The second kappa shape index (κ2) is 5.09. The van der Waals surface area contributed by atoms with Crippen LogP contribution in [0.3, 0.4) is 0 Å². The van der Waals surface area contributed by atoms with Crippen LogP contribution in [-0.4, -0.2) is 33.5 Å². The van der Waals surface area contributed by atoms with Gasteiger partial charge in [-0.05, 0) is 19.8 Å². The van der Waals surface area contributed by atoms with E-state index in [9.17, 15) is 10.1 Å². The topological polar surface area (TPSA) is 118 Å². The van der Waals surface area contributed by atoms with Crippen LogP contribution in [0.15, 0.2) is 17.4 Å². The largest absolute Gasteiger partial charge is 0.409 e. The normalized spacial score (nSPS) is 19.7. The maximum atomic E-state index is 10.8. The molecule has 2 rings (SSSR count). The van der Waals surface area contributed by atoms with Crippen LogP contribution in [-0.2, 0) is 0 Å². The van der Waals surface area contributed by atoms with Crippen molar-refractivity contribution in [2.24, 2.45) is 10.9 Å². The first-order chi connectivity index (χ1) is 9.04. The van der Waals surface area contributed by atoms with E-state index in [2.05, 4.69) is 10.1 Å². The molecule has 0 saturated carbocycles. The summed E-state index contributed by atoms with van der Waals surface area (Å²) in [6, 6.07) is 1.56. The zero-order valence-electron chi connectivity index (χ0n) is 10.5. The average Bonchev–Trinajstić information content (AvgIpc) is 2.83. The van der Waals surface area contributed by atoms with E-state index in [4.69, 9.17) is 10.9 Å². The zero-order valence-corrected chi connectivity index (χ0v) is 10.5. The van der Waals surface area contributed by atoms with Gasteiger partial charge in [0, 0.05) is 18.7 Å². The van der Waals surface area contributed by atoms with Gasteiger partial charge in [0.2, 0.25) is 0 Å². The molecule has 0 spiro atoms. The maximum Gasteiger partial charge on any atom is 0.288 e. The maximum absolute atomic E-state index is 10.8. The fourth-order valence-corrected chi connectivity index (χ4v) is 2.27. The van der Waals surface area contributed by atoms with Gasteiger partial charge in [0.05, 0.1) is 10.5 Å². The van der Waals surface area contributed by atoms with Crippen molar-refractivity contribution >= 4 is 17.3 Å². The van der Waals surface area contributed by atoms with Crippen molar-refractivity contribution in [1.82, 2.24) is 4.98 Å². The van der Waals surface area contributed by atoms with Crippen molar-refractivity contribution in [3.05, 3.63) is 27.9 Å². The zero-order chi connectivity index (χ0) is 14.0. The number of hydrogen-bond acceptors (Lipinski definition) is 6. The Morgan fingerprint density at radius 2 is 2.47 bits per heavy atom. The fraction of sp³-hybridized carbons (Fsp3) is 0.455. The molecule has 1 atom stereocenters. The van der Waals surface area contributed by atoms with Gasteiger partial charge >= 0.3 is 0 Å². The van der Waals surface area contributed by atoms with Crippen molar-refractivity contribution in [3.63, 3.8) is 0 Å². The first-order valence-electron chi connectivity index (χ1n) is 5.93. The molecule has 0 amide bonds. The Labute approximate surface area is 109 Å². The average molecular weight is 265 g/mol. The highest BCUT2D eigenvalue weighted by Gasteiger charge is 2.26. The van der Waals surface area contributed by atoms with Crippen LogP contribution < -0.4 is 10.6 Å². The Hall–Kier alpha value is -2.38. The lowest BCUT2D eigenvalue weighted by atomic mass is 10.2. The fourth-order valence-electron chi connectivity index (χ4n) is 2.27. The number of hydrogen-bond donors (Lipinski definition) is 2. The monoisotopic (exact) mass is 265 g/mol. The Morgan fingerprint density at radius 3 is 3.00 bits per heavy atom. The van der Waals surface area contributed by atoms with E-state index in [1.807, 2.05) is 11.8 Å². The number of amidine groups is 1. The third kappa shape index (κ3) is 2.42. The second-order valence-electron chi connectivity index (χ2n) is 4.49. The lowest BCUT2D eigenvalue weighted by Gasteiger charge is -2.24. The summed E-state index contributed by atoms with van der Waals surface area (Å²) in [6.45, 7) is 2.85. The van der Waals surface area contributed by atoms with Crippen LogP contribution >= 0.6 is 0 Å². The standard InChI is InChI=1S/C11H15N5O3/c1-7-3-2-4-15(7)11-9(10(12)14-17)5-8(6-13-11)16(18)19/h5-7,17H,2-4H2,1H3,(H2,12,14). The van der Waals surface area contributed by atoms with E-state index in [1.165, 1.54) is 12.3 Å². The second-order valence-corrected chi connectivity index (χ2v) is 4.49. The lowest BCUT2D eigenvalue weighted by Crippen LogP contribution is -2.30. The molecular formula is C11H15N5O3. The van der Waals surface area contributed by atoms with E-state index >= 15 is 0 Å². The summed E-state index contributed by atoms with van der Waals surface area (Å²) >= 11 is 0. The quantitative estimate of drug-likeness (QED) is 0.277. The molecular weight excluding hydrogens is 250 g/mol. The van der Waals surface area contributed by atoms with Crippen molar-refractivity contribution in [2.75, 3.05) is 11.4 Å². The van der Waals surface area contributed by atoms with Gasteiger partial charge < -0.3 is 15.8 Å². The van der Waals surface area contributed by atoms with Gasteiger partial charge in [0.15, 0.2) is 5.84 Å². The smallest absolute Gasteiger partial charge is 0.288 e. The highest BCUT2D eigenvalue weighted by Crippen LogP contribution is 2.28. The van der Waals surface area contributed by atoms with E-state index in [0.717, 1.165) is 19.4 Å². The lowest BCUT2D eigenvalue weighted by molar-refractivity contribution is -0.385. The summed E-state index contributed by atoms with van der Waals surface area (Å²) < 4.78 is 0. The molecule has 8 nitrogen and oxygen atoms in total. The van der Waals surface area contributed by atoms with Crippen LogP contribution in [0.5, 0.6) is 0 Å². The molecule has 1 unspecified atom stereocenters. The molecule has 102 valence electrons. The van der Waals surface area contributed by atoms with E-state index < -0.39 is 4.92 Å². The molecule has 1 fully saturated rings. The number of nitrogens with zero attached hydrogens (tertiary/aromatic N) is 4. The predicted octanol–water partition coefficient (Wildman–Crippen LogP) is 1.07. The minimum absolute atomic E-state index is 0.176. The van der Waals surface area contributed by atoms with Crippen LogP contribution in [0.1, 0.15) is 25.3 Å². The third-order valence-corrected chi connectivity index (χ3v) is 3.27. The van der Waals surface area contributed by atoms with Gasteiger partial charge in [-0.2, -0.15) is 0 Å². The molecule has 1 aliphatic rings. The summed E-state index contributed by atoms with van der Waals surface area (Å²) in [5.74, 6) is 0.344. The van der Waals surface area contributed by atoms with E-state index in [0.29, 0.717) is 5.82 Å². The van der Waals surface area contributed by atoms with Crippen LogP contribution in [0, 0.1) is 10.1 Å². The Morgan fingerprint density at radius 1 is 1.74 bits per heavy atom. The summed E-state index contributed by atoms with van der Waals surface area (Å²) in [7, 11) is 0.